The molecule has 0 aliphatic carbocycles. The lowest BCUT2D eigenvalue weighted by Crippen LogP contribution is -2.35. The van der Waals surface area contributed by atoms with E-state index in [1.807, 2.05) is 36.4 Å². The fourth-order valence-corrected chi connectivity index (χ4v) is 10.2. The summed E-state index contributed by atoms with van der Waals surface area (Å²) in [5.41, 5.74) is 3.68. The molecule has 61 heavy (non-hydrogen) atoms. The lowest BCUT2D eigenvalue weighted by atomic mass is 10.1. The second-order valence-electron chi connectivity index (χ2n) is 14.8. The number of rotatable bonds is 17. The first-order valence-electron chi connectivity index (χ1n) is 20.9. The van der Waals surface area contributed by atoms with E-state index in [1.165, 1.54) is 74.4 Å². The molecule has 0 unspecified atom stereocenters. The SMILES string of the molecule is C1CCNCC1.COC(=O)c1ccc(CN(c2ccccc2)S(=O)(=O)CCCCl)cc1.COC(=O)c1ccc(CN(c2ccccc2)S(=O)(=O)CCCN2CCCCC2)cc1. The van der Waals surface area contributed by atoms with Crippen LogP contribution in [0.1, 0.15) is 83.2 Å². The summed E-state index contributed by atoms with van der Waals surface area (Å²) in [5.74, 6) is -0.465. The average Bonchev–Trinajstić information content (AvgIpc) is 3.31. The number of benzene rings is 4. The largest absolute Gasteiger partial charge is 0.465 e. The zero-order valence-electron chi connectivity index (χ0n) is 35.4. The molecular formula is C46H61ClN4O8S2. The third kappa shape index (κ3) is 16.7. The summed E-state index contributed by atoms with van der Waals surface area (Å²) in [7, 11) is -4.35. The monoisotopic (exact) mass is 896 g/mol. The van der Waals surface area contributed by atoms with Crippen LogP contribution in [0.25, 0.3) is 0 Å². The number of nitrogens with one attached hydrogen (secondary N) is 1. The Morgan fingerprint density at radius 2 is 1.00 bits per heavy atom. The minimum atomic E-state index is -3.51. The summed E-state index contributed by atoms with van der Waals surface area (Å²) in [4.78, 5) is 25.5. The van der Waals surface area contributed by atoms with Gasteiger partial charge in [0.1, 0.15) is 0 Å². The molecule has 2 fully saturated rings. The summed E-state index contributed by atoms with van der Waals surface area (Å²) in [6.45, 7) is 5.84. The predicted octanol–water partition coefficient (Wildman–Crippen LogP) is 7.88. The average molecular weight is 898 g/mol. The van der Waals surface area contributed by atoms with Gasteiger partial charge in [-0.1, -0.05) is 73.5 Å². The van der Waals surface area contributed by atoms with Crippen molar-refractivity contribution < 1.29 is 35.9 Å². The van der Waals surface area contributed by atoms with Crippen molar-refractivity contribution in [3.8, 4) is 0 Å². The standard InChI is InChI=1S/C23H30N2O4S.C18H20ClNO4S.C5H11N/c1-29-23(26)21-13-11-20(12-14-21)19-25(22-9-4-2-5-10-22)30(27,28)18-8-17-24-15-6-3-7-16-24;1-24-18(21)16-10-8-15(9-11-16)14-20(17-6-3-2-4-7-17)25(22,23)13-5-12-19;1-2-4-6-5-3-1/h2,4-5,9-14H,3,6-8,15-19H2,1H3;2-4,6-11H,5,12-14H2,1H3;6H,1-5H2. The third-order valence-corrected chi connectivity index (χ3v) is 14.1. The molecule has 0 saturated carbocycles. The van der Waals surface area contributed by atoms with Gasteiger partial charge in [-0.05, 0) is 131 Å². The topological polar surface area (TPSA) is 143 Å². The van der Waals surface area contributed by atoms with Crippen LogP contribution in [0.4, 0.5) is 11.4 Å². The van der Waals surface area contributed by atoms with Gasteiger partial charge in [0, 0.05) is 5.88 Å². The molecule has 15 heteroatoms. The molecule has 332 valence electrons. The molecule has 0 amide bonds. The van der Waals surface area contributed by atoms with E-state index in [0.717, 1.165) is 30.8 Å². The highest BCUT2D eigenvalue weighted by atomic mass is 35.5. The highest BCUT2D eigenvalue weighted by molar-refractivity contribution is 7.93. The smallest absolute Gasteiger partial charge is 0.337 e. The van der Waals surface area contributed by atoms with E-state index in [-0.39, 0.29) is 30.5 Å². The number of carbonyl (C=O) groups is 2. The Morgan fingerprint density at radius 3 is 1.36 bits per heavy atom. The van der Waals surface area contributed by atoms with Gasteiger partial charge in [0.2, 0.25) is 20.0 Å². The fraction of sp³-hybridized carbons (Fsp3) is 0.435. The highest BCUT2D eigenvalue weighted by Crippen LogP contribution is 2.24. The van der Waals surface area contributed by atoms with Crippen molar-refractivity contribution in [1.82, 2.24) is 10.2 Å². The maximum absolute atomic E-state index is 13.2. The first kappa shape index (κ1) is 49.2. The Kier molecular flexibility index (Phi) is 21.1. The van der Waals surface area contributed by atoms with Gasteiger partial charge in [0.25, 0.3) is 0 Å². The molecule has 0 atom stereocenters. The molecular weight excluding hydrogens is 836 g/mol. The molecule has 0 radical (unpaired) electrons. The van der Waals surface area contributed by atoms with E-state index >= 15 is 0 Å². The van der Waals surface area contributed by atoms with Crippen molar-refractivity contribution in [3.63, 3.8) is 0 Å². The number of ether oxygens (including phenoxy) is 2. The normalized spacial score (nSPS) is 14.3. The van der Waals surface area contributed by atoms with E-state index in [0.29, 0.717) is 35.3 Å². The number of methoxy groups -OCH3 is 2. The van der Waals surface area contributed by atoms with Gasteiger partial charge in [0.05, 0.1) is 61.3 Å². The molecule has 2 aliphatic heterocycles. The van der Waals surface area contributed by atoms with Gasteiger partial charge in [-0.2, -0.15) is 0 Å². The van der Waals surface area contributed by atoms with Crippen LogP contribution in [-0.2, 0) is 42.6 Å². The molecule has 2 aliphatic rings. The van der Waals surface area contributed by atoms with E-state index in [1.54, 1.807) is 72.8 Å². The number of sulfonamides is 2. The van der Waals surface area contributed by atoms with Gasteiger partial charge >= 0.3 is 11.9 Å². The van der Waals surface area contributed by atoms with Crippen LogP contribution < -0.4 is 13.9 Å². The van der Waals surface area contributed by atoms with Gasteiger partial charge in [-0.15, -0.1) is 11.6 Å². The fourth-order valence-electron chi connectivity index (χ4n) is 6.86. The van der Waals surface area contributed by atoms with Crippen LogP contribution in [0, 0.1) is 0 Å². The van der Waals surface area contributed by atoms with Gasteiger partial charge in [-0.3, -0.25) is 8.61 Å². The number of hydrogen-bond acceptors (Lipinski definition) is 10. The Bertz CT molecular complexity index is 2090. The quantitative estimate of drug-likeness (QED) is 0.0822. The number of para-hydroxylation sites is 2. The van der Waals surface area contributed by atoms with E-state index in [4.69, 9.17) is 16.3 Å². The van der Waals surface area contributed by atoms with E-state index in [2.05, 4.69) is 15.0 Å². The second kappa shape index (κ2) is 26.1. The van der Waals surface area contributed by atoms with Crippen molar-refractivity contribution in [2.75, 3.05) is 72.9 Å². The predicted molar refractivity (Wildman–Crippen MR) is 245 cm³/mol. The van der Waals surface area contributed by atoms with Crippen molar-refractivity contribution in [2.24, 2.45) is 0 Å². The molecule has 12 nitrogen and oxygen atoms in total. The van der Waals surface area contributed by atoms with Crippen LogP contribution in [-0.4, -0.2) is 98.0 Å². The van der Waals surface area contributed by atoms with Crippen molar-refractivity contribution in [3.05, 3.63) is 131 Å². The number of likely N-dealkylation sites (tertiary alicyclic amines) is 1. The molecule has 0 aromatic heterocycles. The number of halogens is 1. The maximum atomic E-state index is 13.2. The van der Waals surface area contributed by atoms with Crippen molar-refractivity contribution in [2.45, 2.75) is 64.5 Å². The molecule has 4 aromatic rings. The Morgan fingerprint density at radius 1 is 0.590 bits per heavy atom. The molecule has 6 rings (SSSR count). The van der Waals surface area contributed by atoms with Crippen molar-refractivity contribution >= 4 is 55.0 Å². The second-order valence-corrected chi connectivity index (χ2v) is 19.2. The zero-order chi connectivity index (χ0) is 43.9. The zero-order valence-corrected chi connectivity index (χ0v) is 37.8. The molecule has 4 aromatic carbocycles. The lowest BCUT2D eigenvalue weighted by Gasteiger charge is -2.28. The van der Waals surface area contributed by atoms with Crippen LogP contribution >= 0.6 is 11.6 Å². The molecule has 1 N–H and O–H groups in total. The van der Waals surface area contributed by atoms with Gasteiger partial charge < -0.3 is 19.7 Å². The Labute approximate surface area is 368 Å². The van der Waals surface area contributed by atoms with Crippen LogP contribution in [0.5, 0.6) is 0 Å². The third-order valence-electron chi connectivity index (χ3n) is 10.2. The van der Waals surface area contributed by atoms with Crippen LogP contribution in [0.3, 0.4) is 0 Å². The first-order valence-corrected chi connectivity index (χ1v) is 24.7. The van der Waals surface area contributed by atoms with E-state index in [9.17, 15) is 26.4 Å². The maximum Gasteiger partial charge on any atom is 0.337 e. The molecule has 2 saturated heterocycles. The molecule has 0 bridgehead atoms. The molecule has 0 spiro atoms. The van der Waals surface area contributed by atoms with Crippen molar-refractivity contribution in [1.29, 1.82) is 0 Å². The summed E-state index contributed by atoms with van der Waals surface area (Å²) in [6.07, 6.45) is 8.88. The van der Waals surface area contributed by atoms with Crippen LogP contribution in [0.15, 0.2) is 109 Å². The number of piperidine rings is 2. The lowest BCUT2D eigenvalue weighted by molar-refractivity contribution is 0.0592. The number of hydrogen-bond donors (Lipinski definition) is 1. The summed E-state index contributed by atoms with van der Waals surface area (Å²) in [5, 5.41) is 3.28. The summed E-state index contributed by atoms with van der Waals surface area (Å²) < 4.78 is 64.1. The highest BCUT2D eigenvalue weighted by Gasteiger charge is 2.24. The summed E-state index contributed by atoms with van der Waals surface area (Å²) in [6, 6.07) is 31.6. The van der Waals surface area contributed by atoms with Gasteiger partial charge in [-0.25, -0.2) is 26.4 Å². The van der Waals surface area contributed by atoms with Gasteiger partial charge in [0.15, 0.2) is 0 Å². The molecule has 2 heterocycles. The number of nitrogens with zero attached hydrogens (tertiary/aromatic N) is 3. The first-order chi connectivity index (χ1) is 29.5. The number of anilines is 2. The van der Waals surface area contributed by atoms with Crippen LogP contribution in [0.2, 0.25) is 0 Å². The number of carbonyl (C=O) groups excluding carboxylic acids is 2. The number of esters is 2. The van der Waals surface area contributed by atoms with E-state index < -0.39 is 32.0 Å². The minimum Gasteiger partial charge on any atom is -0.465 e. The number of alkyl halides is 1. The minimum absolute atomic E-state index is 0.0222. The Balaban J connectivity index is 0.000000239. The summed E-state index contributed by atoms with van der Waals surface area (Å²) >= 11 is 5.65. The Hall–Kier alpha value is -4.47.